The maximum absolute atomic E-state index is 11.8. The van der Waals surface area contributed by atoms with Crippen LogP contribution in [0.4, 0.5) is 0 Å². The molecule has 2 aromatic carbocycles. The summed E-state index contributed by atoms with van der Waals surface area (Å²) in [6.07, 6.45) is -0.505. The standard InChI is InChI=1S/C16H14O4/c1-20-15-8-3-2-7-13(15)11-5-4-6-12(9-11)14(17)10-16(18)19/h2-9H,10H2,1H3,(H,18,19). The Morgan fingerprint density at radius 2 is 1.85 bits per heavy atom. The van der Waals surface area contributed by atoms with Crippen LogP contribution in [0.3, 0.4) is 0 Å². The topological polar surface area (TPSA) is 63.6 Å². The molecule has 0 aromatic heterocycles. The molecular weight excluding hydrogens is 256 g/mol. The lowest BCUT2D eigenvalue weighted by atomic mass is 9.99. The van der Waals surface area contributed by atoms with Crippen LogP contribution < -0.4 is 4.74 Å². The Bertz CT molecular complexity index is 646. The summed E-state index contributed by atoms with van der Waals surface area (Å²) in [5.41, 5.74) is 2.06. The number of carbonyl (C=O) groups is 2. The third-order valence-corrected chi connectivity index (χ3v) is 2.91. The summed E-state index contributed by atoms with van der Waals surface area (Å²) < 4.78 is 5.29. The number of aliphatic carboxylic acids is 1. The van der Waals surface area contributed by atoms with Gasteiger partial charge in [0.1, 0.15) is 12.2 Å². The minimum Gasteiger partial charge on any atom is -0.496 e. The Morgan fingerprint density at radius 1 is 1.10 bits per heavy atom. The van der Waals surface area contributed by atoms with Crippen LogP contribution >= 0.6 is 0 Å². The molecule has 2 rings (SSSR count). The normalized spacial score (nSPS) is 10.1. The van der Waals surface area contributed by atoms with E-state index >= 15 is 0 Å². The van der Waals surface area contributed by atoms with Crippen LogP contribution in [0.1, 0.15) is 16.8 Å². The number of ether oxygens (including phenoxy) is 1. The van der Waals surface area contributed by atoms with Crippen molar-refractivity contribution in [2.45, 2.75) is 6.42 Å². The van der Waals surface area contributed by atoms with Crippen LogP contribution in [0, 0.1) is 0 Å². The molecule has 0 aliphatic carbocycles. The van der Waals surface area contributed by atoms with E-state index in [1.807, 2.05) is 30.3 Å². The molecule has 0 aliphatic rings. The Balaban J connectivity index is 2.39. The monoisotopic (exact) mass is 270 g/mol. The van der Waals surface area contributed by atoms with Crippen molar-refractivity contribution in [1.82, 2.24) is 0 Å². The van der Waals surface area contributed by atoms with Crippen LogP contribution in [0.15, 0.2) is 48.5 Å². The first kappa shape index (κ1) is 13.8. The number of hydrogen-bond donors (Lipinski definition) is 1. The number of rotatable bonds is 5. The molecule has 2 aromatic rings. The minimum atomic E-state index is -1.13. The first-order valence-electron chi connectivity index (χ1n) is 6.10. The number of carboxylic acids is 1. The van der Waals surface area contributed by atoms with Crippen molar-refractivity contribution in [2.24, 2.45) is 0 Å². The number of Topliss-reactive ketones (excluding diaryl/α,β-unsaturated/α-hetero) is 1. The van der Waals surface area contributed by atoms with Gasteiger partial charge in [-0.15, -0.1) is 0 Å². The van der Waals surface area contributed by atoms with Gasteiger partial charge in [-0.05, 0) is 17.7 Å². The van der Waals surface area contributed by atoms with Crippen LogP contribution in [0.5, 0.6) is 5.75 Å². The molecule has 0 spiro atoms. The molecule has 0 heterocycles. The maximum atomic E-state index is 11.8. The number of methoxy groups -OCH3 is 1. The molecule has 20 heavy (non-hydrogen) atoms. The zero-order chi connectivity index (χ0) is 14.5. The Kier molecular flexibility index (Phi) is 4.15. The summed E-state index contributed by atoms with van der Waals surface area (Å²) in [5.74, 6) is -0.831. The van der Waals surface area contributed by atoms with E-state index in [1.165, 1.54) is 0 Å². The highest BCUT2D eigenvalue weighted by atomic mass is 16.5. The van der Waals surface area contributed by atoms with Gasteiger partial charge in [-0.2, -0.15) is 0 Å². The van der Waals surface area contributed by atoms with E-state index in [4.69, 9.17) is 9.84 Å². The van der Waals surface area contributed by atoms with Gasteiger partial charge < -0.3 is 9.84 Å². The summed E-state index contributed by atoms with van der Waals surface area (Å²) in [6, 6.07) is 14.4. The molecular formula is C16H14O4. The van der Waals surface area contributed by atoms with Crippen molar-refractivity contribution < 1.29 is 19.4 Å². The molecule has 0 saturated heterocycles. The summed E-state index contributed by atoms with van der Waals surface area (Å²) >= 11 is 0. The smallest absolute Gasteiger partial charge is 0.311 e. The van der Waals surface area contributed by atoms with Crippen molar-refractivity contribution in [3.05, 3.63) is 54.1 Å². The van der Waals surface area contributed by atoms with Crippen LogP contribution in [-0.4, -0.2) is 24.0 Å². The van der Waals surface area contributed by atoms with Gasteiger partial charge in [0.05, 0.1) is 7.11 Å². The van der Waals surface area contributed by atoms with Gasteiger partial charge in [-0.25, -0.2) is 0 Å². The zero-order valence-electron chi connectivity index (χ0n) is 11.0. The summed E-state index contributed by atoms with van der Waals surface area (Å²) in [5, 5.41) is 8.67. The Hall–Kier alpha value is -2.62. The lowest BCUT2D eigenvalue weighted by Crippen LogP contribution is -2.06. The molecule has 1 N–H and O–H groups in total. The molecule has 0 amide bonds. The van der Waals surface area contributed by atoms with E-state index < -0.39 is 18.2 Å². The van der Waals surface area contributed by atoms with Gasteiger partial charge >= 0.3 is 5.97 Å². The summed E-state index contributed by atoms with van der Waals surface area (Å²) in [7, 11) is 1.58. The number of benzene rings is 2. The van der Waals surface area contributed by atoms with Gasteiger partial charge in [-0.1, -0.05) is 36.4 Å². The fourth-order valence-corrected chi connectivity index (χ4v) is 1.98. The van der Waals surface area contributed by atoms with Crippen LogP contribution in [0.25, 0.3) is 11.1 Å². The average molecular weight is 270 g/mol. The highest BCUT2D eigenvalue weighted by Crippen LogP contribution is 2.30. The molecule has 0 fully saturated rings. The molecule has 0 bridgehead atoms. The second-order valence-corrected chi connectivity index (χ2v) is 4.27. The second kappa shape index (κ2) is 6.02. The molecule has 0 unspecified atom stereocenters. The molecule has 4 heteroatoms. The maximum Gasteiger partial charge on any atom is 0.311 e. The van der Waals surface area contributed by atoms with Gasteiger partial charge in [0.15, 0.2) is 5.78 Å². The van der Waals surface area contributed by atoms with Crippen LogP contribution in [-0.2, 0) is 4.79 Å². The third-order valence-electron chi connectivity index (χ3n) is 2.91. The fraction of sp³-hybridized carbons (Fsp3) is 0.125. The molecule has 102 valence electrons. The predicted octanol–water partition coefficient (Wildman–Crippen LogP) is 3.02. The molecule has 0 saturated carbocycles. The van der Waals surface area contributed by atoms with E-state index in [0.717, 1.165) is 11.1 Å². The van der Waals surface area contributed by atoms with E-state index in [2.05, 4.69) is 0 Å². The van der Waals surface area contributed by atoms with Gasteiger partial charge in [0.2, 0.25) is 0 Å². The highest BCUT2D eigenvalue weighted by Gasteiger charge is 2.12. The van der Waals surface area contributed by atoms with E-state index in [1.54, 1.807) is 25.3 Å². The lowest BCUT2D eigenvalue weighted by Gasteiger charge is -2.09. The first-order chi connectivity index (χ1) is 9.61. The number of hydrogen-bond acceptors (Lipinski definition) is 3. The Labute approximate surface area is 116 Å². The number of ketones is 1. The summed E-state index contributed by atoms with van der Waals surface area (Å²) in [4.78, 5) is 22.4. The molecule has 4 nitrogen and oxygen atoms in total. The van der Waals surface area contributed by atoms with Crippen molar-refractivity contribution >= 4 is 11.8 Å². The summed E-state index contributed by atoms with van der Waals surface area (Å²) in [6.45, 7) is 0. The van der Waals surface area contributed by atoms with Gasteiger partial charge in [-0.3, -0.25) is 9.59 Å². The predicted molar refractivity (Wildman–Crippen MR) is 75.0 cm³/mol. The molecule has 0 aliphatic heterocycles. The zero-order valence-corrected chi connectivity index (χ0v) is 11.0. The van der Waals surface area contributed by atoms with Crippen molar-refractivity contribution in [2.75, 3.05) is 7.11 Å². The van der Waals surface area contributed by atoms with Crippen LogP contribution in [0.2, 0.25) is 0 Å². The SMILES string of the molecule is COc1ccccc1-c1cccc(C(=O)CC(=O)O)c1. The highest BCUT2D eigenvalue weighted by molar-refractivity contribution is 6.06. The average Bonchev–Trinajstić information content (AvgIpc) is 2.46. The minimum absolute atomic E-state index is 0.385. The van der Waals surface area contributed by atoms with E-state index in [0.29, 0.717) is 11.3 Å². The molecule has 0 radical (unpaired) electrons. The second-order valence-electron chi connectivity index (χ2n) is 4.27. The number of carbonyl (C=O) groups excluding carboxylic acids is 1. The largest absolute Gasteiger partial charge is 0.496 e. The van der Waals surface area contributed by atoms with Crippen molar-refractivity contribution in [3.8, 4) is 16.9 Å². The van der Waals surface area contributed by atoms with E-state index in [9.17, 15) is 9.59 Å². The third kappa shape index (κ3) is 3.03. The first-order valence-corrected chi connectivity index (χ1v) is 6.10. The van der Waals surface area contributed by atoms with Gasteiger partial charge in [0.25, 0.3) is 0 Å². The van der Waals surface area contributed by atoms with Crippen molar-refractivity contribution in [1.29, 1.82) is 0 Å². The number of para-hydroxylation sites is 1. The quantitative estimate of drug-likeness (QED) is 0.670. The van der Waals surface area contributed by atoms with Gasteiger partial charge in [0, 0.05) is 11.1 Å². The fourth-order valence-electron chi connectivity index (χ4n) is 1.98. The number of carboxylic acid groups (broad SMARTS) is 1. The molecule has 0 atom stereocenters. The Morgan fingerprint density at radius 3 is 2.55 bits per heavy atom. The van der Waals surface area contributed by atoms with Crippen molar-refractivity contribution in [3.63, 3.8) is 0 Å². The lowest BCUT2D eigenvalue weighted by molar-refractivity contribution is -0.135. The van der Waals surface area contributed by atoms with E-state index in [-0.39, 0.29) is 0 Å².